The molecule has 1 rings (SSSR count). The first-order chi connectivity index (χ1) is 5.20. The Morgan fingerprint density at radius 3 is 2.23 bits per heavy atom. The predicted molar refractivity (Wildman–Crippen MR) is 50.6 cm³/mol. The molecule has 1 fully saturated rings. The summed E-state index contributed by atoms with van der Waals surface area (Å²) in [5.74, 6) is 0. The van der Waals surface area contributed by atoms with Gasteiger partial charge in [-0.2, -0.15) is 0 Å². The van der Waals surface area contributed by atoms with Crippen molar-refractivity contribution in [1.29, 1.82) is 0 Å². The molecule has 2 nitrogen and oxygen atoms in total. The Bertz CT molecular complexity index is 160. The Morgan fingerprint density at radius 2 is 1.77 bits per heavy atom. The van der Waals surface area contributed by atoms with E-state index in [9.17, 15) is 5.11 Å². The fourth-order valence-electron chi connectivity index (χ4n) is 1.56. The molecule has 1 aliphatic rings. The van der Waals surface area contributed by atoms with Crippen molar-refractivity contribution in [3.05, 3.63) is 0 Å². The zero-order valence-electron chi connectivity index (χ0n) is 8.42. The summed E-state index contributed by atoms with van der Waals surface area (Å²) in [6.07, 6.45) is 3.67. The smallest absolute Gasteiger partial charge is 1.00 e. The van der Waals surface area contributed by atoms with E-state index in [1.807, 2.05) is 13.8 Å². The Balaban J connectivity index is 0. The van der Waals surface area contributed by atoms with Crippen LogP contribution in [0.25, 0.3) is 0 Å². The van der Waals surface area contributed by atoms with Gasteiger partial charge in [0.1, 0.15) is 0 Å². The average Bonchev–Trinajstić information content (AvgIpc) is 1.93. The molecule has 0 aliphatic heterocycles. The number of hydrogen-bond donors (Lipinski definition) is 0. The van der Waals surface area contributed by atoms with Crippen LogP contribution in [0.2, 0.25) is 0 Å². The predicted octanol–water partition coefficient (Wildman–Crippen LogP) is -2.24. The first kappa shape index (κ1) is 16.1. The molecule has 0 bridgehead atoms. The van der Waals surface area contributed by atoms with Crippen LogP contribution in [0.5, 0.6) is 0 Å². The van der Waals surface area contributed by atoms with E-state index in [0.717, 1.165) is 25.0 Å². The zero-order chi connectivity index (χ0) is 8.27. The van der Waals surface area contributed by atoms with Gasteiger partial charge < -0.3 is 17.5 Å². The van der Waals surface area contributed by atoms with Crippen LogP contribution >= 0.6 is 0 Å². The molecule has 0 aromatic carbocycles. The molecule has 0 N–H and O–H groups in total. The molecular formula is C9H16ClMgNO. The largest absolute Gasteiger partial charge is 2.00 e. The third-order valence-electron chi connectivity index (χ3n) is 2.09. The molecule has 0 spiro atoms. The van der Waals surface area contributed by atoms with Crippen LogP contribution in [0, 0.1) is 0 Å². The third-order valence-corrected chi connectivity index (χ3v) is 2.09. The van der Waals surface area contributed by atoms with Crippen LogP contribution in [0.4, 0.5) is 0 Å². The summed E-state index contributed by atoms with van der Waals surface area (Å²) in [5, 5.41) is 11.3. The average molecular weight is 214 g/mol. The second kappa shape index (κ2) is 8.03. The van der Waals surface area contributed by atoms with Crippen molar-refractivity contribution in [2.24, 2.45) is 4.99 Å². The van der Waals surface area contributed by atoms with Gasteiger partial charge in [0.05, 0.1) is 0 Å². The number of rotatable bonds is 1. The number of aliphatic imine (C=N–C) groups is 1. The Kier molecular flexibility index (Phi) is 9.97. The minimum Gasteiger partial charge on any atom is -1.00 e. The Hall–Kier alpha value is 0.686. The minimum atomic E-state index is -0.432. The molecule has 0 amide bonds. The molecule has 0 aromatic rings. The maximum Gasteiger partial charge on any atom is 2.00 e. The molecule has 0 aromatic heterocycles. The molecule has 72 valence electrons. The maximum atomic E-state index is 11.3. The molecule has 1 saturated carbocycles. The summed E-state index contributed by atoms with van der Waals surface area (Å²) < 4.78 is 0. The van der Waals surface area contributed by atoms with Crippen LogP contribution in [0.1, 0.15) is 39.5 Å². The van der Waals surface area contributed by atoms with Crippen molar-refractivity contribution < 1.29 is 17.5 Å². The van der Waals surface area contributed by atoms with E-state index in [0.29, 0.717) is 0 Å². The molecule has 2 atom stereocenters. The quantitative estimate of drug-likeness (QED) is 0.359. The van der Waals surface area contributed by atoms with Gasteiger partial charge in [-0.05, 0) is 20.3 Å². The Morgan fingerprint density at radius 1 is 1.23 bits per heavy atom. The molecule has 0 saturated heterocycles. The number of hydrogen-bond acceptors (Lipinski definition) is 2. The standard InChI is InChI=1S/C9H16NO.ClH.Mg/c1-7(2)10-8-5-3-4-6-9(8)11;;/h8-9H,3-6H2,1-2H3;1H;/q-1;;+2/p-1. The van der Waals surface area contributed by atoms with E-state index in [4.69, 9.17) is 0 Å². The second-order valence-electron chi connectivity index (χ2n) is 3.47. The molecular weight excluding hydrogens is 198 g/mol. The van der Waals surface area contributed by atoms with Gasteiger partial charge in [0.15, 0.2) is 0 Å². The van der Waals surface area contributed by atoms with Gasteiger partial charge in [-0.25, -0.2) is 0 Å². The monoisotopic (exact) mass is 213 g/mol. The molecule has 4 heteroatoms. The first-order valence-corrected chi connectivity index (χ1v) is 4.37. The van der Waals surface area contributed by atoms with Crippen molar-refractivity contribution in [1.82, 2.24) is 0 Å². The van der Waals surface area contributed by atoms with E-state index < -0.39 is 6.10 Å². The minimum absolute atomic E-state index is 0. The fraction of sp³-hybridized carbons (Fsp3) is 0.889. The molecule has 2 unspecified atom stereocenters. The summed E-state index contributed by atoms with van der Waals surface area (Å²) >= 11 is 0. The van der Waals surface area contributed by atoms with Crippen LogP contribution in [0.15, 0.2) is 4.99 Å². The van der Waals surface area contributed by atoms with Crippen molar-refractivity contribution in [2.45, 2.75) is 51.7 Å². The van der Waals surface area contributed by atoms with Crippen LogP contribution in [0.3, 0.4) is 0 Å². The molecule has 0 radical (unpaired) electrons. The first-order valence-electron chi connectivity index (χ1n) is 4.37. The van der Waals surface area contributed by atoms with Crippen LogP contribution in [-0.2, 0) is 0 Å². The summed E-state index contributed by atoms with van der Waals surface area (Å²) in [6, 6.07) is 0.0775. The van der Waals surface area contributed by atoms with E-state index in [-0.39, 0.29) is 41.5 Å². The maximum absolute atomic E-state index is 11.3. The third kappa shape index (κ3) is 5.89. The number of nitrogens with zero attached hydrogens (tertiary/aromatic N) is 1. The van der Waals surface area contributed by atoms with Crippen molar-refractivity contribution in [3.8, 4) is 0 Å². The summed E-state index contributed by atoms with van der Waals surface area (Å²) in [6.45, 7) is 3.92. The number of halogens is 1. The summed E-state index contributed by atoms with van der Waals surface area (Å²) in [7, 11) is 0. The van der Waals surface area contributed by atoms with Crippen molar-refractivity contribution in [2.75, 3.05) is 0 Å². The van der Waals surface area contributed by atoms with E-state index in [1.165, 1.54) is 6.42 Å². The second-order valence-corrected chi connectivity index (χ2v) is 3.47. The normalized spacial score (nSPS) is 26.7. The van der Waals surface area contributed by atoms with Crippen LogP contribution < -0.4 is 17.5 Å². The van der Waals surface area contributed by atoms with Crippen LogP contribution in [-0.4, -0.2) is 40.9 Å². The molecule has 13 heavy (non-hydrogen) atoms. The van der Waals surface area contributed by atoms with Gasteiger partial charge in [-0.1, -0.05) is 19.3 Å². The van der Waals surface area contributed by atoms with Crippen molar-refractivity contribution >= 4 is 28.8 Å². The van der Waals surface area contributed by atoms with Gasteiger partial charge in [0.25, 0.3) is 0 Å². The fourth-order valence-corrected chi connectivity index (χ4v) is 1.56. The Labute approximate surface area is 103 Å². The SMILES string of the molecule is CC(C)=NC1CCCCC1[O-].[Cl-].[Mg+2]. The van der Waals surface area contributed by atoms with E-state index in [2.05, 4.69) is 4.99 Å². The van der Waals surface area contributed by atoms with E-state index in [1.54, 1.807) is 0 Å². The van der Waals surface area contributed by atoms with Gasteiger partial charge in [0.2, 0.25) is 0 Å². The summed E-state index contributed by atoms with van der Waals surface area (Å²) in [5.41, 5.74) is 1.04. The topological polar surface area (TPSA) is 35.4 Å². The van der Waals surface area contributed by atoms with Gasteiger partial charge in [-0.15, -0.1) is 6.10 Å². The molecule has 1 aliphatic carbocycles. The summed E-state index contributed by atoms with van der Waals surface area (Å²) in [4.78, 5) is 4.32. The van der Waals surface area contributed by atoms with Gasteiger partial charge in [0, 0.05) is 11.8 Å². The zero-order valence-corrected chi connectivity index (χ0v) is 10.6. The van der Waals surface area contributed by atoms with Crippen molar-refractivity contribution in [3.63, 3.8) is 0 Å². The van der Waals surface area contributed by atoms with Gasteiger partial charge in [-0.3, -0.25) is 4.99 Å². The van der Waals surface area contributed by atoms with E-state index >= 15 is 0 Å². The molecule has 0 heterocycles. The van der Waals surface area contributed by atoms with Gasteiger partial charge >= 0.3 is 23.1 Å².